The van der Waals surface area contributed by atoms with E-state index >= 15 is 0 Å². The largest absolute Gasteiger partial charge is 0.306 e. The van der Waals surface area contributed by atoms with Crippen molar-refractivity contribution in [3.8, 4) is 0 Å². The number of thioether (sulfide) groups is 1. The second-order valence-corrected chi connectivity index (χ2v) is 6.92. The third kappa shape index (κ3) is 3.07. The van der Waals surface area contributed by atoms with Gasteiger partial charge in [0.15, 0.2) is 5.16 Å². The van der Waals surface area contributed by atoms with Crippen molar-refractivity contribution in [2.24, 2.45) is 0 Å². The average Bonchev–Trinajstić information content (AvgIpc) is 2.94. The van der Waals surface area contributed by atoms with E-state index in [0.717, 1.165) is 15.3 Å². The van der Waals surface area contributed by atoms with Crippen LogP contribution in [0.2, 0.25) is 0 Å². The molecule has 0 unspecified atom stereocenters. The fourth-order valence-electron chi connectivity index (χ4n) is 2.03. The standard InChI is InChI=1S/C14H14BrN5OS/c1-9(2)20-8-16-18-14(20)22-7-11-5-13(21)19-6-10(15)3-4-12(19)17-11/h3-6,8-9H,7H2,1-2H3. The molecule has 0 bridgehead atoms. The molecule has 0 aromatic carbocycles. The number of rotatable bonds is 4. The molecule has 0 fully saturated rings. The molecule has 3 aromatic rings. The molecule has 6 nitrogen and oxygen atoms in total. The molecule has 3 heterocycles. The van der Waals surface area contributed by atoms with Crippen molar-refractivity contribution in [2.75, 3.05) is 0 Å². The molecule has 0 saturated heterocycles. The number of hydrogen-bond acceptors (Lipinski definition) is 5. The Morgan fingerprint density at radius 1 is 1.36 bits per heavy atom. The van der Waals surface area contributed by atoms with Crippen LogP contribution in [-0.4, -0.2) is 24.1 Å². The molecule has 3 rings (SSSR count). The third-order valence-electron chi connectivity index (χ3n) is 3.12. The number of fused-ring (bicyclic) bond motifs is 1. The van der Waals surface area contributed by atoms with E-state index < -0.39 is 0 Å². The van der Waals surface area contributed by atoms with Gasteiger partial charge in [-0.15, -0.1) is 10.2 Å². The van der Waals surface area contributed by atoms with Gasteiger partial charge in [0.25, 0.3) is 5.56 Å². The molecule has 0 atom stereocenters. The van der Waals surface area contributed by atoms with Crippen molar-refractivity contribution in [3.63, 3.8) is 0 Å². The van der Waals surface area contributed by atoms with Gasteiger partial charge in [-0.3, -0.25) is 9.20 Å². The second-order valence-electron chi connectivity index (χ2n) is 5.06. The quantitative estimate of drug-likeness (QED) is 0.652. The predicted molar refractivity (Wildman–Crippen MR) is 89.1 cm³/mol. The summed E-state index contributed by atoms with van der Waals surface area (Å²) in [5.74, 6) is 0.577. The van der Waals surface area contributed by atoms with Crippen LogP contribution in [0.4, 0.5) is 0 Å². The Labute approximate surface area is 139 Å². The number of pyridine rings is 1. The van der Waals surface area contributed by atoms with Crippen LogP contribution in [0.5, 0.6) is 0 Å². The van der Waals surface area contributed by atoms with E-state index in [1.807, 2.05) is 16.7 Å². The van der Waals surface area contributed by atoms with Gasteiger partial charge < -0.3 is 4.57 Å². The van der Waals surface area contributed by atoms with Gasteiger partial charge in [-0.05, 0) is 41.9 Å². The zero-order valence-corrected chi connectivity index (χ0v) is 14.5. The SMILES string of the molecule is CC(C)n1cnnc1SCc1cc(=O)n2cc(Br)ccc2n1. The van der Waals surface area contributed by atoms with Crippen LogP contribution in [0.15, 0.2) is 45.1 Å². The summed E-state index contributed by atoms with van der Waals surface area (Å²) in [7, 11) is 0. The lowest BCUT2D eigenvalue weighted by Gasteiger charge is -2.09. The monoisotopic (exact) mass is 379 g/mol. The van der Waals surface area contributed by atoms with Crippen LogP contribution < -0.4 is 5.56 Å². The normalized spacial score (nSPS) is 11.5. The van der Waals surface area contributed by atoms with E-state index in [4.69, 9.17) is 0 Å². The highest BCUT2D eigenvalue weighted by atomic mass is 79.9. The van der Waals surface area contributed by atoms with Crippen LogP contribution in [0.3, 0.4) is 0 Å². The number of hydrogen-bond donors (Lipinski definition) is 0. The van der Waals surface area contributed by atoms with Crippen LogP contribution in [0, 0.1) is 0 Å². The predicted octanol–water partition coefficient (Wildman–Crippen LogP) is 2.92. The highest BCUT2D eigenvalue weighted by Crippen LogP contribution is 2.22. The maximum Gasteiger partial charge on any atom is 0.258 e. The van der Waals surface area contributed by atoms with Gasteiger partial charge in [0, 0.05) is 28.5 Å². The van der Waals surface area contributed by atoms with Gasteiger partial charge in [0.1, 0.15) is 12.0 Å². The molecule has 114 valence electrons. The van der Waals surface area contributed by atoms with E-state index in [9.17, 15) is 4.79 Å². The number of halogens is 1. The Hall–Kier alpha value is -1.67. The van der Waals surface area contributed by atoms with E-state index in [2.05, 4.69) is 45.0 Å². The first-order valence-electron chi connectivity index (χ1n) is 6.75. The van der Waals surface area contributed by atoms with E-state index in [1.165, 1.54) is 16.2 Å². The summed E-state index contributed by atoms with van der Waals surface area (Å²) in [5.41, 5.74) is 1.28. The van der Waals surface area contributed by atoms with Gasteiger partial charge in [0.2, 0.25) is 0 Å². The highest BCUT2D eigenvalue weighted by Gasteiger charge is 2.10. The molecule has 8 heteroatoms. The fraction of sp³-hybridized carbons (Fsp3) is 0.286. The smallest absolute Gasteiger partial charge is 0.258 e. The first-order valence-corrected chi connectivity index (χ1v) is 8.52. The van der Waals surface area contributed by atoms with Gasteiger partial charge in [-0.1, -0.05) is 11.8 Å². The molecule has 0 aliphatic rings. The molecule has 3 aromatic heterocycles. The molecular weight excluding hydrogens is 366 g/mol. The molecule has 0 amide bonds. The average molecular weight is 380 g/mol. The molecule has 0 aliphatic carbocycles. The zero-order valence-electron chi connectivity index (χ0n) is 12.1. The molecule has 0 radical (unpaired) electrons. The summed E-state index contributed by atoms with van der Waals surface area (Å²) in [4.78, 5) is 16.7. The molecular formula is C14H14BrN5OS. The minimum Gasteiger partial charge on any atom is -0.306 e. The van der Waals surface area contributed by atoms with Crippen molar-refractivity contribution in [1.82, 2.24) is 24.1 Å². The van der Waals surface area contributed by atoms with E-state index in [1.54, 1.807) is 18.6 Å². The maximum absolute atomic E-state index is 12.1. The van der Waals surface area contributed by atoms with E-state index in [-0.39, 0.29) is 5.56 Å². The summed E-state index contributed by atoms with van der Waals surface area (Å²) < 4.78 is 4.36. The summed E-state index contributed by atoms with van der Waals surface area (Å²) >= 11 is 4.88. The van der Waals surface area contributed by atoms with Gasteiger partial charge >= 0.3 is 0 Å². The number of nitrogens with zero attached hydrogens (tertiary/aromatic N) is 5. The van der Waals surface area contributed by atoms with Gasteiger partial charge in [-0.25, -0.2) is 4.98 Å². The van der Waals surface area contributed by atoms with Crippen LogP contribution >= 0.6 is 27.7 Å². The Morgan fingerprint density at radius 2 is 2.18 bits per heavy atom. The summed E-state index contributed by atoms with van der Waals surface area (Å²) in [6.07, 6.45) is 3.43. The molecule has 0 saturated carbocycles. The molecule has 0 aliphatic heterocycles. The third-order valence-corrected chi connectivity index (χ3v) is 4.58. The topological polar surface area (TPSA) is 65.1 Å². The van der Waals surface area contributed by atoms with Crippen LogP contribution in [-0.2, 0) is 5.75 Å². The second kappa shape index (κ2) is 6.21. The van der Waals surface area contributed by atoms with Crippen molar-refractivity contribution in [1.29, 1.82) is 0 Å². The first kappa shape index (κ1) is 15.2. The van der Waals surface area contributed by atoms with E-state index in [0.29, 0.717) is 17.4 Å². The van der Waals surface area contributed by atoms with Crippen LogP contribution in [0.1, 0.15) is 25.6 Å². The summed E-state index contributed by atoms with van der Waals surface area (Å²) in [5, 5.41) is 8.87. The zero-order chi connectivity index (χ0) is 15.7. The Balaban J connectivity index is 1.87. The maximum atomic E-state index is 12.1. The lowest BCUT2D eigenvalue weighted by atomic mass is 10.4. The summed E-state index contributed by atoms with van der Waals surface area (Å²) in [6, 6.07) is 5.54. The minimum absolute atomic E-state index is 0.0905. The van der Waals surface area contributed by atoms with Gasteiger partial charge in [0.05, 0.1) is 5.69 Å². The Bertz CT molecular complexity index is 873. The van der Waals surface area contributed by atoms with Gasteiger partial charge in [-0.2, -0.15) is 0 Å². The minimum atomic E-state index is -0.0905. The van der Waals surface area contributed by atoms with Crippen LogP contribution in [0.25, 0.3) is 5.65 Å². The Morgan fingerprint density at radius 3 is 2.95 bits per heavy atom. The molecule has 22 heavy (non-hydrogen) atoms. The first-order chi connectivity index (χ1) is 10.5. The highest BCUT2D eigenvalue weighted by molar-refractivity contribution is 9.10. The lowest BCUT2D eigenvalue weighted by molar-refractivity contribution is 0.549. The van der Waals surface area contributed by atoms with Crippen molar-refractivity contribution < 1.29 is 0 Å². The number of aromatic nitrogens is 5. The lowest BCUT2D eigenvalue weighted by Crippen LogP contribution is -2.15. The fourth-order valence-corrected chi connectivity index (χ4v) is 3.30. The molecule has 0 N–H and O–H groups in total. The van der Waals surface area contributed by atoms with Crippen molar-refractivity contribution in [2.45, 2.75) is 30.8 Å². The Kier molecular flexibility index (Phi) is 4.30. The van der Waals surface area contributed by atoms with Crippen molar-refractivity contribution in [3.05, 3.63) is 51.2 Å². The summed E-state index contributed by atoms with van der Waals surface area (Å²) in [6.45, 7) is 4.15. The molecule has 0 spiro atoms. The van der Waals surface area contributed by atoms with Crippen molar-refractivity contribution >= 4 is 33.3 Å².